The first-order valence-electron chi connectivity index (χ1n) is 5.98. The number of fused-ring (bicyclic) bond motifs is 1. The molecule has 3 aromatic heterocycles. The summed E-state index contributed by atoms with van der Waals surface area (Å²) in [5.74, 6) is 0.437. The van der Waals surface area contributed by atoms with E-state index in [0.29, 0.717) is 11.4 Å². The molecule has 4 N–H and O–H groups in total. The van der Waals surface area contributed by atoms with Crippen molar-refractivity contribution in [2.45, 2.75) is 13.0 Å². The van der Waals surface area contributed by atoms with Gasteiger partial charge in [0.15, 0.2) is 0 Å². The third-order valence-electron chi connectivity index (χ3n) is 3.12. The summed E-state index contributed by atoms with van der Waals surface area (Å²) < 4.78 is 0. The highest BCUT2D eigenvalue weighted by molar-refractivity contribution is 5.81. The Balaban J connectivity index is 2.08. The van der Waals surface area contributed by atoms with Crippen LogP contribution in [0.25, 0.3) is 11.0 Å². The van der Waals surface area contributed by atoms with Crippen LogP contribution in [-0.4, -0.2) is 20.1 Å². The standard InChI is InChI=1S/C14H14N4O/c1-8-4-10-11(7-18-14(10)17-5-8)13(19)9-2-3-12(15)16-6-9/h2-7,13,19H,1H3,(H2,15,16)(H,17,18). The molecule has 0 aromatic carbocycles. The zero-order valence-electron chi connectivity index (χ0n) is 10.5. The summed E-state index contributed by atoms with van der Waals surface area (Å²) in [7, 11) is 0. The molecular weight excluding hydrogens is 240 g/mol. The highest BCUT2D eigenvalue weighted by atomic mass is 16.3. The van der Waals surface area contributed by atoms with Crippen molar-refractivity contribution in [1.29, 1.82) is 0 Å². The van der Waals surface area contributed by atoms with Gasteiger partial charge in [-0.2, -0.15) is 0 Å². The second-order valence-corrected chi connectivity index (χ2v) is 4.57. The summed E-state index contributed by atoms with van der Waals surface area (Å²) in [5, 5.41) is 11.4. The third-order valence-corrected chi connectivity index (χ3v) is 3.12. The zero-order valence-corrected chi connectivity index (χ0v) is 10.5. The summed E-state index contributed by atoms with van der Waals surface area (Å²) in [5.41, 5.74) is 8.86. The van der Waals surface area contributed by atoms with E-state index in [4.69, 9.17) is 5.73 Å². The average Bonchev–Trinajstić information content (AvgIpc) is 2.81. The van der Waals surface area contributed by atoms with Crippen LogP contribution in [0.15, 0.2) is 36.8 Å². The molecule has 3 aromatic rings. The third kappa shape index (κ3) is 2.04. The van der Waals surface area contributed by atoms with Gasteiger partial charge in [-0.15, -0.1) is 0 Å². The molecule has 0 spiro atoms. The number of anilines is 1. The van der Waals surface area contributed by atoms with Crippen molar-refractivity contribution in [1.82, 2.24) is 15.0 Å². The number of nitrogen functional groups attached to an aromatic ring is 1. The van der Waals surface area contributed by atoms with Crippen molar-refractivity contribution >= 4 is 16.9 Å². The van der Waals surface area contributed by atoms with Crippen LogP contribution in [0.1, 0.15) is 22.8 Å². The monoisotopic (exact) mass is 254 g/mol. The number of aliphatic hydroxyl groups excluding tert-OH is 1. The molecule has 5 nitrogen and oxygen atoms in total. The fourth-order valence-corrected chi connectivity index (χ4v) is 2.11. The number of pyridine rings is 2. The lowest BCUT2D eigenvalue weighted by atomic mass is 10.0. The molecule has 96 valence electrons. The van der Waals surface area contributed by atoms with Crippen molar-refractivity contribution in [2.75, 3.05) is 5.73 Å². The van der Waals surface area contributed by atoms with E-state index in [1.165, 1.54) is 0 Å². The van der Waals surface area contributed by atoms with Crippen LogP contribution < -0.4 is 5.73 Å². The quantitative estimate of drug-likeness (QED) is 0.652. The van der Waals surface area contributed by atoms with Crippen molar-refractivity contribution in [3.63, 3.8) is 0 Å². The summed E-state index contributed by atoms with van der Waals surface area (Å²) in [4.78, 5) is 11.4. The van der Waals surface area contributed by atoms with Gasteiger partial charge in [-0.1, -0.05) is 6.07 Å². The van der Waals surface area contributed by atoms with Crippen molar-refractivity contribution in [3.8, 4) is 0 Å². The molecule has 1 unspecified atom stereocenters. The SMILES string of the molecule is Cc1cnc2[nH]cc(C(O)c3ccc(N)nc3)c2c1. The number of hydrogen-bond donors (Lipinski definition) is 3. The first-order valence-corrected chi connectivity index (χ1v) is 5.98. The first kappa shape index (κ1) is 11.7. The minimum absolute atomic E-state index is 0.437. The predicted molar refractivity (Wildman–Crippen MR) is 73.5 cm³/mol. The van der Waals surface area contributed by atoms with Crippen molar-refractivity contribution in [2.24, 2.45) is 0 Å². The van der Waals surface area contributed by atoms with Gasteiger partial charge >= 0.3 is 0 Å². The Hall–Kier alpha value is -2.40. The largest absolute Gasteiger partial charge is 0.384 e. The molecule has 0 bridgehead atoms. The van der Waals surface area contributed by atoms with E-state index < -0.39 is 6.10 Å². The van der Waals surface area contributed by atoms with Crippen LogP contribution in [0, 0.1) is 6.92 Å². The van der Waals surface area contributed by atoms with Crippen LogP contribution in [0.4, 0.5) is 5.82 Å². The van der Waals surface area contributed by atoms with Gasteiger partial charge < -0.3 is 15.8 Å². The molecule has 5 heteroatoms. The number of aliphatic hydroxyl groups is 1. The lowest BCUT2D eigenvalue weighted by Gasteiger charge is -2.10. The van der Waals surface area contributed by atoms with E-state index >= 15 is 0 Å². The fraction of sp³-hybridized carbons (Fsp3) is 0.143. The molecule has 0 aliphatic rings. The second-order valence-electron chi connectivity index (χ2n) is 4.57. The Kier molecular flexibility index (Phi) is 2.68. The molecule has 0 fully saturated rings. The Bertz CT molecular complexity index is 718. The van der Waals surface area contributed by atoms with Crippen LogP contribution in [-0.2, 0) is 0 Å². The van der Waals surface area contributed by atoms with Crippen molar-refractivity contribution in [3.05, 3.63) is 53.5 Å². The number of H-pyrrole nitrogens is 1. The minimum atomic E-state index is -0.745. The van der Waals surface area contributed by atoms with Crippen LogP contribution in [0.2, 0.25) is 0 Å². The molecule has 0 aliphatic heterocycles. The molecule has 1 atom stereocenters. The number of nitrogens with zero attached hydrogens (tertiary/aromatic N) is 2. The lowest BCUT2D eigenvalue weighted by molar-refractivity contribution is 0.221. The van der Waals surface area contributed by atoms with E-state index in [1.807, 2.05) is 13.0 Å². The Morgan fingerprint density at radius 2 is 2.11 bits per heavy atom. The van der Waals surface area contributed by atoms with Crippen molar-refractivity contribution < 1.29 is 5.11 Å². The number of aryl methyl sites for hydroxylation is 1. The maximum atomic E-state index is 10.4. The number of nitrogens with one attached hydrogen (secondary N) is 1. The molecule has 0 saturated heterocycles. The number of hydrogen-bond acceptors (Lipinski definition) is 4. The van der Waals surface area contributed by atoms with E-state index in [9.17, 15) is 5.11 Å². The maximum Gasteiger partial charge on any atom is 0.137 e. The molecule has 0 amide bonds. The zero-order chi connectivity index (χ0) is 13.4. The fourth-order valence-electron chi connectivity index (χ4n) is 2.11. The summed E-state index contributed by atoms with van der Waals surface area (Å²) in [6.45, 7) is 1.97. The van der Waals surface area contributed by atoms with Gasteiger partial charge in [0.1, 0.15) is 17.6 Å². The molecule has 3 rings (SSSR count). The molecule has 0 saturated carbocycles. The van der Waals surface area contributed by atoms with E-state index in [1.54, 1.807) is 30.7 Å². The number of aromatic nitrogens is 3. The normalized spacial score (nSPS) is 12.7. The van der Waals surface area contributed by atoms with E-state index in [2.05, 4.69) is 15.0 Å². The van der Waals surface area contributed by atoms with Gasteiger partial charge in [0.05, 0.1) is 0 Å². The van der Waals surface area contributed by atoms with Gasteiger partial charge in [0.25, 0.3) is 0 Å². The van der Waals surface area contributed by atoms with Gasteiger partial charge in [0.2, 0.25) is 0 Å². The van der Waals surface area contributed by atoms with Gasteiger partial charge in [0, 0.05) is 35.1 Å². The molecule has 19 heavy (non-hydrogen) atoms. The summed E-state index contributed by atoms with van der Waals surface area (Å²) >= 11 is 0. The van der Waals surface area contributed by atoms with E-state index in [-0.39, 0.29) is 0 Å². The second kappa shape index (κ2) is 4.37. The topological polar surface area (TPSA) is 87.8 Å². The molecule has 3 heterocycles. The minimum Gasteiger partial charge on any atom is -0.384 e. The van der Waals surface area contributed by atoms with E-state index in [0.717, 1.165) is 22.2 Å². The van der Waals surface area contributed by atoms with Gasteiger partial charge in [-0.3, -0.25) is 0 Å². The highest BCUT2D eigenvalue weighted by Gasteiger charge is 2.16. The molecule has 0 radical (unpaired) electrons. The Morgan fingerprint density at radius 1 is 1.26 bits per heavy atom. The smallest absolute Gasteiger partial charge is 0.137 e. The Morgan fingerprint density at radius 3 is 2.84 bits per heavy atom. The summed E-state index contributed by atoms with van der Waals surface area (Å²) in [6, 6.07) is 5.45. The van der Waals surface area contributed by atoms with Gasteiger partial charge in [-0.05, 0) is 24.6 Å². The van der Waals surface area contributed by atoms with Gasteiger partial charge in [-0.25, -0.2) is 9.97 Å². The highest BCUT2D eigenvalue weighted by Crippen LogP contribution is 2.28. The van der Waals surface area contributed by atoms with Crippen LogP contribution >= 0.6 is 0 Å². The molecule has 0 aliphatic carbocycles. The predicted octanol–water partition coefficient (Wildman–Crippen LogP) is 1.93. The number of rotatable bonds is 2. The first-order chi connectivity index (χ1) is 9.15. The van der Waals surface area contributed by atoms with Crippen LogP contribution in [0.5, 0.6) is 0 Å². The maximum absolute atomic E-state index is 10.4. The Labute approximate surface area is 110 Å². The number of nitrogens with two attached hydrogens (primary N) is 1. The van der Waals surface area contributed by atoms with Crippen LogP contribution in [0.3, 0.4) is 0 Å². The lowest BCUT2D eigenvalue weighted by Crippen LogP contribution is -2.00. The summed E-state index contributed by atoms with van der Waals surface area (Å²) in [6.07, 6.45) is 4.41. The average molecular weight is 254 g/mol. The number of aromatic amines is 1. The molecular formula is C14H14N4O.